The van der Waals surface area contributed by atoms with E-state index in [-0.39, 0.29) is 5.70 Å². The van der Waals surface area contributed by atoms with E-state index in [1.807, 2.05) is 31.2 Å². The van der Waals surface area contributed by atoms with Gasteiger partial charge in [0.15, 0.2) is 0 Å². The second-order valence-electron chi connectivity index (χ2n) is 7.90. The summed E-state index contributed by atoms with van der Waals surface area (Å²) in [5, 5.41) is 5.88. The second-order valence-corrected chi connectivity index (χ2v) is 9.19. The van der Waals surface area contributed by atoms with Crippen LogP contribution in [-0.2, 0) is 16.2 Å². The largest absolute Gasteiger partial charge is 0.488 e. The summed E-state index contributed by atoms with van der Waals surface area (Å²) in [7, 11) is 0. The van der Waals surface area contributed by atoms with E-state index in [1.54, 1.807) is 48.5 Å². The maximum atomic E-state index is 12.7. The number of nitrogens with zero attached hydrogens (tertiary/aromatic N) is 1. The molecular formula is C26H21BrClN3O4. The van der Waals surface area contributed by atoms with E-state index >= 15 is 0 Å². The van der Waals surface area contributed by atoms with Crippen molar-refractivity contribution in [2.24, 2.45) is 0 Å². The van der Waals surface area contributed by atoms with Crippen molar-refractivity contribution in [1.82, 2.24) is 10.2 Å². The molecule has 178 valence electrons. The molecule has 7 nitrogen and oxygen atoms in total. The van der Waals surface area contributed by atoms with Crippen LogP contribution >= 0.6 is 27.5 Å². The summed E-state index contributed by atoms with van der Waals surface area (Å²) in [4.78, 5) is 38.3. The summed E-state index contributed by atoms with van der Waals surface area (Å²) in [5.41, 5.74) is 3.31. The molecule has 0 saturated carbocycles. The molecule has 0 unspecified atom stereocenters. The minimum atomic E-state index is -0.650. The summed E-state index contributed by atoms with van der Waals surface area (Å²) in [6.45, 7) is 1.88. The van der Waals surface area contributed by atoms with Crippen molar-refractivity contribution in [2.45, 2.75) is 13.5 Å². The highest BCUT2D eigenvalue weighted by Crippen LogP contribution is 2.28. The smallest absolute Gasteiger partial charge is 0.329 e. The number of anilines is 1. The summed E-state index contributed by atoms with van der Waals surface area (Å²) < 4.78 is 6.53. The third kappa shape index (κ3) is 6.29. The number of hydrogen-bond donors (Lipinski definition) is 2. The Labute approximate surface area is 215 Å². The molecule has 3 aromatic carbocycles. The van der Waals surface area contributed by atoms with Crippen LogP contribution in [0.25, 0.3) is 6.08 Å². The molecule has 1 aliphatic rings. The van der Waals surface area contributed by atoms with Crippen molar-refractivity contribution >= 4 is 57.1 Å². The van der Waals surface area contributed by atoms with Crippen molar-refractivity contribution in [1.29, 1.82) is 0 Å². The monoisotopic (exact) mass is 553 g/mol. The molecule has 4 rings (SSSR count). The van der Waals surface area contributed by atoms with Gasteiger partial charge in [0.2, 0.25) is 5.91 Å². The lowest BCUT2D eigenvalue weighted by atomic mass is 10.2. The van der Waals surface area contributed by atoms with Gasteiger partial charge in [-0.25, -0.2) is 9.69 Å². The number of carbonyl (C=O) groups excluding carboxylic acids is 3. The molecule has 9 heteroatoms. The van der Waals surface area contributed by atoms with Gasteiger partial charge in [-0.3, -0.25) is 9.59 Å². The van der Waals surface area contributed by atoms with Crippen LogP contribution in [0.3, 0.4) is 0 Å². The van der Waals surface area contributed by atoms with E-state index in [2.05, 4.69) is 26.6 Å². The van der Waals surface area contributed by atoms with Crippen molar-refractivity contribution in [2.75, 3.05) is 11.9 Å². The van der Waals surface area contributed by atoms with Crippen molar-refractivity contribution in [3.63, 3.8) is 0 Å². The topological polar surface area (TPSA) is 87.7 Å². The highest BCUT2D eigenvalue weighted by atomic mass is 79.9. The second kappa shape index (κ2) is 10.8. The van der Waals surface area contributed by atoms with Gasteiger partial charge in [-0.15, -0.1) is 0 Å². The van der Waals surface area contributed by atoms with Crippen LogP contribution < -0.4 is 15.4 Å². The molecular weight excluding hydrogens is 534 g/mol. The number of carbonyl (C=O) groups is 3. The van der Waals surface area contributed by atoms with Gasteiger partial charge in [-0.2, -0.15) is 0 Å². The molecule has 0 atom stereocenters. The summed E-state index contributed by atoms with van der Waals surface area (Å²) in [6, 6.07) is 19.3. The zero-order chi connectivity index (χ0) is 24.9. The molecule has 0 radical (unpaired) electrons. The van der Waals surface area contributed by atoms with Crippen LogP contribution in [-0.4, -0.2) is 29.3 Å². The summed E-state index contributed by atoms with van der Waals surface area (Å²) in [6.07, 6.45) is 1.55. The first kappa shape index (κ1) is 24.5. The number of halogens is 2. The maximum absolute atomic E-state index is 12.7. The highest BCUT2D eigenvalue weighted by Gasteiger charge is 2.34. The number of rotatable bonds is 7. The standard InChI is InChI=1S/C26H21BrClN3O4/c1-16-3-2-4-20(11-16)29-24(32)14-31-25(33)22(30-26(31)34)13-18-7-10-23(21(27)12-18)35-15-17-5-8-19(28)9-6-17/h2-13H,14-15H2,1H3,(H,29,32)(H,30,34)/b22-13+. The molecule has 35 heavy (non-hydrogen) atoms. The molecule has 1 fully saturated rings. The van der Waals surface area contributed by atoms with Gasteiger partial charge >= 0.3 is 6.03 Å². The molecule has 0 aromatic heterocycles. The molecule has 0 bridgehead atoms. The first-order chi connectivity index (χ1) is 16.8. The van der Waals surface area contributed by atoms with Crippen molar-refractivity contribution in [3.05, 3.63) is 98.6 Å². The number of ether oxygens (including phenoxy) is 1. The molecule has 3 aromatic rings. The van der Waals surface area contributed by atoms with Crippen LogP contribution in [0, 0.1) is 6.92 Å². The van der Waals surface area contributed by atoms with Gasteiger partial charge in [-0.1, -0.05) is 41.9 Å². The summed E-state index contributed by atoms with van der Waals surface area (Å²) >= 11 is 9.38. The number of urea groups is 1. The normalized spacial score (nSPS) is 14.3. The minimum absolute atomic E-state index is 0.0834. The van der Waals surface area contributed by atoms with E-state index in [1.165, 1.54) is 0 Å². The fourth-order valence-corrected chi connectivity index (χ4v) is 4.05. The van der Waals surface area contributed by atoms with E-state index < -0.39 is 24.4 Å². The third-order valence-corrected chi connectivity index (χ3v) is 6.01. The van der Waals surface area contributed by atoms with E-state index in [4.69, 9.17) is 16.3 Å². The molecule has 0 aliphatic carbocycles. The molecule has 4 amide bonds. The van der Waals surface area contributed by atoms with E-state index in [0.717, 1.165) is 16.0 Å². The number of amides is 4. The predicted octanol–water partition coefficient (Wildman–Crippen LogP) is 5.52. The van der Waals surface area contributed by atoms with Crippen LogP contribution in [0.4, 0.5) is 10.5 Å². The van der Waals surface area contributed by atoms with Gasteiger partial charge < -0.3 is 15.4 Å². The van der Waals surface area contributed by atoms with Gasteiger partial charge in [0.1, 0.15) is 24.6 Å². The van der Waals surface area contributed by atoms with Crippen molar-refractivity contribution < 1.29 is 19.1 Å². The first-order valence-electron chi connectivity index (χ1n) is 10.7. The Morgan fingerprint density at radius 1 is 1.11 bits per heavy atom. The van der Waals surface area contributed by atoms with Gasteiger partial charge in [0.25, 0.3) is 5.91 Å². The molecule has 0 spiro atoms. The molecule has 1 aliphatic heterocycles. The SMILES string of the molecule is Cc1cccc(NC(=O)CN2C(=O)N/C(=C/c3ccc(OCc4ccc(Cl)cc4)c(Br)c3)C2=O)c1. The summed E-state index contributed by atoms with van der Waals surface area (Å²) in [5.74, 6) is -0.419. The zero-order valence-corrected chi connectivity index (χ0v) is 21.0. The lowest BCUT2D eigenvalue weighted by Gasteiger charge is -2.12. The van der Waals surface area contributed by atoms with Crippen molar-refractivity contribution in [3.8, 4) is 5.75 Å². The zero-order valence-electron chi connectivity index (χ0n) is 18.7. The Morgan fingerprint density at radius 3 is 2.60 bits per heavy atom. The Morgan fingerprint density at radius 2 is 1.89 bits per heavy atom. The Hall–Kier alpha value is -3.62. The van der Waals surface area contributed by atoms with Gasteiger partial charge in [0, 0.05) is 10.7 Å². The first-order valence-corrected chi connectivity index (χ1v) is 11.8. The van der Waals surface area contributed by atoms with E-state index in [0.29, 0.717) is 33.1 Å². The fraction of sp³-hybridized carbons (Fsp3) is 0.115. The van der Waals surface area contributed by atoms with E-state index in [9.17, 15) is 14.4 Å². The van der Waals surface area contributed by atoms with Gasteiger partial charge in [-0.05, 0) is 82.0 Å². The molecule has 1 saturated heterocycles. The number of imide groups is 1. The Bertz CT molecular complexity index is 1320. The van der Waals surface area contributed by atoms with Crippen LogP contribution in [0.5, 0.6) is 5.75 Å². The Balaban J connectivity index is 1.39. The lowest BCUT2D eigenvalue weighted by molar-refractivity contribution is -0.127. The maximum Gasteiger partial charge on any atom is 0.329 e. The number of aryl methyl sites for hydroxylation is 1. The fourth-order valence-electron chi connectivity index (χ4n) is 3.41. The molecule has 1 heterocycles. The van der Waals surface area contributed by atoms with Crippen LogP contribution in [0.2, 0.25) is 5.02 Å². The molecule has 2 N–H and O–H groups in total. The number of nitrogens with one attached hydrogen (secondary N) is 2. The predicted molar refractivity (Wildman–Crippen MR) is 138 cm³/mol. The van der Waals surface area contributed by atoms with Crippen LogP contribution in [0.15, 0.2) is 76.9 Å². The number of benzene rings is 3. The van der Waals surface area contributed by atoms with Gasteiger partial charge in [0.05, 0.1) is 4.47 Å². The quantitative estimate of drug-likeness (QED) is 0.297. The minimum Gasteiger partial charge on any atom is -0.488 e. The average Bonchev–Trinajstić information content (AvgIpc) is 3.07. The highest BCUT2D eigenvalue weighted by molar-refractivity contribution is 9.10. The van der Waals surface area contributed by atoms with Crippen LogP contribution in [0.1, 0.15) is 16.7 Å². The average molecular weight is 555 g/mol. The Kier molecular flexibility index (Phi) is 7.53. The third-order valence-electron chi connectivity index (χ3n) is 5.14. The lowest BCUT2D eigenvalue weighted by Crippen LogP contribution is -2.38. The number of hydrogen-bond acceptors (Lipinski definition) is 4.